The van der Waals surface area contributed by atoms with Gasteiger partial charge in [-0.05, 0) is 26.7 Å². The lowest BCUT2D eigenvalue weighted by atomic mass is 9.78. The van der Waals surface area contributed by atoms with Gasteiger partial charge in [0.05, 0.1) is 5.92 Å². The molecule has 1 rings (SSSR count). The number of allylic oxidation sites excluding steroid dienone is 2. The van der Waals surface area contributed by atoms with E-state index in [0.29, 0.717) is 12.0 Å². The Labute approximate surface area is 88.0 Å². The molecule has 4 heteroatoms. The van der Waals surface area contributed by atoms with E-state index in [4.69, 9.17) is 5.11 Å². The van der Waals surface area contributed by atoms with Gasteiger partial charge in [-0.3, -0.25) is 14.4 Å². The molecule has 0 unspecified atom stereocenters. The maximum absolute atomic E-state index is 11.3. The van der Waals surface area contributed by atoms with Crippen LogP contribution in [0.1, 0.15) is 26.7 Å². The number of rotatable bonds is 3. The van der Waals surface area contributed by atoms with Crippen molar-refractivity contribution in [3.05, 3.63) is 11.6 Å². The molecule has 0 aromatic carbocycles. The van der Waals surface area contributed by atoms with Crippen LogP contribution in [-0.4, -0.2) is 22.6 Å². The average molecular weight is 210 g/mol. The van der Waals surface area contributed by atoms with Gasteiger partial charge in [0.1, 0.15) is 5.78 Å². The van der Waals surface area contributed by atoms with Gasteiger partial charge in [-0.25, -0.2) is 0 Å². The summed E-state index contributed by atoms with van der Waals surface area (Å²) in [4.78, 5) is 33.3. The first-order chi connectivity index (χ1) is 6.93. The molecule has 2 atom stereocenters. The first-order valence-electron chi connectivity index (χ1n) is 4.87. The molecule has 0 aromatic rings. The summed E-state index contributed by atoms with van der Waals surface area (Å²) in [7, 11) is 0. The van der Waals surface area contributed by atoms with Crippen LogP contribution in [0, 0.1) is 11.8 Å². The van der Waals surface area contributed by atoms with Crippen LogP contribution >= 0.6 is 0 Å². The van der Waals surface area contributed by atoms with E-state index in [-0.39, 0.29) is 18.0 Å². The van der Waals surface area contributed by atoms with Crippen molar-refractivity contribution in [1.29, 1.82) is 0 Å². The van der Waals surface area contributed by atoms with Crippen LogP contribution in [0.4, 0.5) is 0 Å². The topological polar surface area (TPSA) is 71.4 Å². The van der Waals surface area contributed by atoms with E-state index in [9.17, 15) is 14.4 Å². The Morgan fingerprint density at radius 2 is 1.93 bits per heavy atom. The highest BCUT2D eigenvalue weighted by molar-refractivity contribution is 6.00. The highest BCUT2D eigenvalue weighted by atomic mass is 16.4. The van der Waals surface area contributed by atoms with Crippen LogP contribution in [0.2, 0.25) is 0 Å². The smallest absolute Gasteiger partial charge is 0.306 e. The second kappa shape index (κ2) is 4.38. The standard InChI is InChI=1S/C11H14O4/c1-6(12)9-4-3-8(11(14)15)5-10(9)7(2)13/h4,8,10H,3,5H2,1-2H3,(H,14,15)/t8-,10+/m1/s1. The number of carbonyl (C=O) groups is 3. The van der Waals surface area contributed by atoms with Gasteiger partial charge in [-0.15, -0.1) is 0 Å². The highest BCUT2D eigenvalue weighted by Gasteiger charge is 2.32. The number of aliphatic carboxylic acids is 1. The maximum Gasteiger partial charge on any atom is 0.306 e. The van der Waals surface area contributed by atoms with Gasteiger partial charge in [0.15, 0.2) is 5.78 Å². The largest absolute Gasteiger partial charge is 0.481 e. The van der Waals surface area contributed by atoms with E-state index < -0.39 is 17.8 Å². The van der Waals surface area contributed by atoms with Crippen molar-refractivity contribution in [3.63, 3.8) is 0 Å². The second-order valence-electron chi connectivity index (χ2n) is 3.89. The summed E-state index contributed by atoms with van der Waals surface area (Å²) < 4.78 is 0. The zero-order valence-corrected chi connectivity index (χ0v) is 8.82. The Bertz CT molecular complexity index is 340. The van der Waals surface area contributed by atoms with Gasteiger partial charge >= 0.3 is 5.97 Å². The SMILES string of the molecule is CC(=O)C1=CC[C@@H](C(=O)O)C[C@H]1C(C)=O. The molecule has 0 fully saturated rings. The lowest BCUT2D eigenvalue weighted by Crippen LogP contribution is -2.28. The highest BCUT2D eigenvalue weighted by Crippen LogP contribution is 2.30. The van der Waals surface area contributed by atoms with E-state index in [1.54, 1.807) is 6.08 Å². The summed E-state index contributed by atoms with van der Waals surface area (Å²) in [6, 6.07) is 0. The molecule has 1 N–H and O–H groups in total. The number of carboxylic acid groups (broad SMARTS) is 1. The molecule has 82 valence electrons. The van der Waals surface area contributed by atoms with Crippen LogP contribution in [0.25, 0.3) is 0 Å². The summed E-state index contributed by atoms with van der Waals surface area (Å²) in [5.41, 5.74) is 0.472. The van der Waals surface area contributed by atoms with E-state index >= 15 is 0 Å². The molecule has 1 aliphatic rings. The predicted molar refractivity (Wildman–Crippen MR) is 53.3 cm³/mol. The van der Waals surface area contributed by atoms with Crippen molar-refractivity contribution in [2.24, 2.45) is 11.8 Å². The Hall–Kier alpha value is -1.45. The minimum Gasteiger partial charge on any atom is -0.481 e. The fourth-order valence-electron chi connectivity index (χ4n) is 1.89. The molecule has 4 nitrogen and oxygen atoms in total. The number of Topliss-reactive ketones (excluding diaryl/α,β-unsaturated/α-hetero) is 2. The molecule has 0 spiro atoms. The number of carboxylic acids is 1. The third-order valence-corrected chi connectivity index (χ3v) is 2.76. The van der Waals surface area contributed by atoms with Crippen molar-refractivity contribution in [3.8, 4) is 0 Å². The Morgan fingerprint density at radius 3 is 2.33 bits per heavy atom. The van der Waals surface area contributed by atoms with Gasteiger partial charge in [0.2, 0.25) is 0 Å². The molecular weight excluding hydrogens is 196 g/mol. The molecule has 15 heavy (non-hydrogen) atoms. The van der Waals surface area contributed by atoms with Gasteiger partial charge < -0.3 is 5.11 Å². The molecule has 0 saturated carbocycles. The second-order valence-corrected chi connectivity index (χ2v) is 3.89. The van der Waals surface area contributed by atoms with Gasteiger partial charge in [0, 0.05) is 11.5 Å². The van der Waals surface area contributed by atoms with Gasteiger partial charge in [-0.2, -0.15) is 0 Å². The van der Waals surface area contributed by atoms with Crippen LogP contribution < -0.4 is 0 Å². The minimum absolute atomic E-state index is 0.137. The monoisotopic (exact) mass is 210 g/mol. The Balaban J connectivity index is 2.94. The summed E-state index contributed by atoms with van der Waals surface area (Å²) >= 11 is 0. The van der Waals surface area contributed by atoms with Crippen LogP contribution in [0.3, 0.4) is 0 Å². The van der Waals surface area contributed by atoms with Gasteiger partial charge in [-0.1, -0.05) is 6.08 Å². The zero-order chi connectivity index (χ0) is 11.6. The summed E-state index contributed by atoms with van der Waals surface area (Å²) in [6.45, 7) is 2.80. The molecule has 1 aliphatic carbocycles. The van der Waals surface area contributed by atoms with Crippen LogP contribution in [0.5, 0.6) is 0 Å². The van der Waals surface area contributed by atoms with E-state index in [1.807, 2.05) is 0 Å². The maximum atomic E-state index is 11.3. The van der Waals surface area contributed by atoms with Crippen molar-refractivity contribution < 1.29 is 19.5 Å². The molecule has 0 saturated heterocycles. The number of hydrogen-bond donors (Lipinski definition) is 1. The molecule has 0 aliphatic heterocycles. The molecular formula is C11H14O4. The average Bonchev–Trinajstić information content (AvgIpc) is 2.16. The summed E-state index contributed by atoms with van der Waals surface area (Å²) in [5.74, 6) is -2.25. The van der Waals surface area contributed by atoms with Crippen molar-refractivity contribution in [2.75, 3.05) is 0 Å². The van der Waals surface area contributed by atoms with E-state index in [1.165, 1.54) is 13.8 Å². The molecule has 0 amide bonds. The Morgan fingerprint density at radius 1 is 1.33 bits per heavy atom. The lowest BCUT2D eigenvalue weighted by Gasteiger charge is -2.24. The van der Waals surface area contributed by atoms with E-state index in [0.717, 1.165) is 0 Å². The van der Waals surface area contributed by atoms with E-state index in [2.05, 4.69) is 0 Å². The number of carbonyl (C=O) groups excluding carboxylic acids is 2. The van der Waals surface area contributed by atoms with Crippen molar-refractivity contribution in [2.45, 2.75) is 26.7 Å². The minimum atomic E-state index is -0.903. The Kier molecular flexibility index (Phi) is 3.39. The molecule has 0 aromatic heterocycles. The first kappa shape index (κ1) is 11.6. The molecule has 0 heterocycles. The predicted octanol–water partition coefficient (Wildman–Crippen LogP) is 1.20. The van der Waals surface area contributed by atoms with Crippen LogP contribution in [-0.2, 0) is 14.4 Å². The van der Waals surface area contributed by atoms with Crippen LogP contribution in [0.15, 0.2) is 11.6 Å². The fraction of sp³-hybridized carbons (Fsp3) is 0.545. The fourth-order valence-corrected chi connectivity index (χ4v) is 1.89. The summed E-state index contributed by atoms with van der Waals surface area (Å²) in [6.07, 6.45) is 2.18. The zero-order valence-electron chi connectivity index (χ0n) is 8.82. The first-order valence-corrected chi connectivity index (χ1v) is 4.87. The summed E-state index contributed by atoms with van der Waals surface area (Å²) in [5, 5.41) is 8.84. The lowest BCUT2D eigenvalue weighted by molar-refractivity contribution is -0.142. The van der Waals surface area contributed by atoms with Gasteiger partial charge in [0.25, 0.3) is 0 Å². The third-order valence-electron chi connectivity index (χ3n) is 2.76. The van der Waals surface area contributed by atoms with Crippen molar-refractivity contribution >= 4 is 17.5 Å². The third kappa shape index (κ3) is 2.52. The number of hydrogen-bond acceptors (Lipinski definition) is 3. The molecule has 0 radical (unpaired) electrons. The van der Waals surface area contributed by atoms with Crippen molar-refractivity contribution in [1.82, 2.24) is 0 Å². The number of ketones is 2. The normalized spacial score (nSPS) is 25.6. The quantitative estimate of drug-likeness (QED) is 0.759. The molecule has 0 bridgehead atoms.